The normalized spacial score (nSPS) is 7.15. The summed E-state index contributed by atoms with van der Waals surface area (Å²) < 4.78 is 12.5. The maximum Gasteiger partial charge on any atom is 0.152 e. The van der Waals surface area contributed by atoms with Crippen LogP contribution in [0.5, 0.6) is 0 Å². The molecular formula is C7H4BFOY3. The molecule has 0 aromatic heterocycles. The van der Waals surface area contributed by atoms with Gasteiger partial charge in [-0.15, -0.1) is 0 Å². The predicted molar refractivity (Wildman–Crippen MR) is 37.2 cm³/mol. The molecule has 0 fully saturated rings. The zero-order chi connectivity index (χ0) is 7.56. The van der Waals surface area contributed by atoms with E-state index in [9.17, 15) is 9.18 Å². The summed E-state index contributed by atoms with van der Waals surface area (Å²) in [6, 6.07) is 3.86. The van der Waals surface area contributed by atoms with Crippen molar-refractivity contribution >= 4 is 19.6 Å². The number of carbonyl (C=O) groups excluding carboxylic acids is 1. The molecule has 1 nitrogen and oxygen atoms in total. The molecule has 5 radical (unpaired) electrons. The molecule has 1 aromatic carbocycles. The van der Waals surface area contributed by atoms with Crippen LogP contribution in [0.3, 0.4) is 0 Å². The molecule has 1 aromatic rings. The van der Waals surface area contributed by atoms with Crippen LogP contribution in [0.25, 0.3) is 0 Å². The van der Waals surface area contributed by atoms with Crippen molar-refractivity contribution in [2.45, 2.75) is 0 Å². The van der Waals surface area contributed by atoms with E-state index in [0.717, 1.165) is 0 Å². The zero-order valence-electron chi connectivity index (χ0n) is 6.91. The number of rotatable bonds is 1. The van der Waals surface area contributed by atoms with Gasteiger partial charge >= 0.3 is 0 Å². The number of hydrogen-bond donors (Lipinski definition) is 0. The van der Waals surface area contributed by atoms with E-state index in [0.29, 0.717) is 11.7 Å². The number of benzene rings is 1. The van der Waals surface area contributed by atoms with Gasteiger partial charge < -0.3 is 0 Å². The van der Waals surface area contributed by atoms with Crippen LogP contribution in [0.4, 0.5) is 4.39 Å². The standard InChI is InChI=1S/C7H4BFO.3Y/c8-6-1-2-7(9)5(3-6)4-10;;;/h1-4H;;;. The van der Waals surface area contributed by atoms with Crippen LogP contribution in [-0.4, -0.2) is 14.1 Å². The quantitative estimate of drug-likeness (QED) is 0.493. The molecule has 0 amide bonds. The van der Waals surface area contributed by atoms with Gasteiger partial charge in [-0.1, -0.05) is 17.6 Å². The second-order valence-electron chi connectivity index (χ2n) is 1.90. The van der Waals surface area contributed by atoms with Crippen molar-refractivity contribution < 1.29 is 107 Å². The Labute approximate surface area is 153 Å². The van der Waals surface area contributed by atoms with E-state index in [-0.39, 0.29) is 104 Å². The summed E-state index contributed by atoms with van der Waals surface area (Å²) in [6.45, 7) is 0. The van der Waals surface area contributed by atoms with Crippen LogP contribution in [0.2, 0.25) is 0 Å². The average Bonchev–Trinajstić information content (AvgIpc) is 1.94. The SMILES string of the molecule is [B]c1ccc(F)c(C=O)c1.[Y].[Y].[Y]. The summed E-state index contributed by atoms with van der Waals surface area (Å²) in [7, 11) is 5.28. The number of halogens is 1. The molecule has 0 saturated heterocycles. The Morgan fingerprint density at radius 2 is 1.77 bits per heavy atom. The summed E-state index contributed by atoms with van der Waals surface area (Å²) in [5.41, 5.74) is 0.392. The van der Waals surface area contributed by atoms with Gasteiger partial charge in [0.25, 0.3) is 0 Å². The molecule has 0 bridgehead atoms. The molecular weight excluding hydrogens is 397 g/mol. The number of carbonyl (C=O) groups is 1. The van der Waals surface area contributed by atoms with Crippen LogP contribution in [0.1, 0.15) is 10.4 Å². The Morgan fingerprint density at radius 3 is 2.15 bits per heavy atom. The second kappa shape index (κ2) is 10.7. The first-order chi connectivity index (χ1) is 4.74. The van der Waals surface area contributed by atoms with Crippen molar-refractivity contribution in [3.63, 3.8) is 0 Å². The van der Waals surface area contributed by atoms with Gasteiger partial charge in [-0.3, -0.25) is 4.79 Å². The minimum atomic E-state index is -0.538. The summed E-state index contributed by atoms with van der Waals surface area (Å²) in [4.78, 5) is 10.1. The molecule has 6 heteroatoms. The van der Waals surface area contributed by atoms with E-state index in [1.165, 1.54) is 18.2 Å². The molecule has 0 atom stereocenters. The van der Waals surface area contributed by atoms with Crippen LogP contribution in [0, 0.1) is 5.82 Å². The van der Waals surface area contributed by atoms with Gasteiger partial charge in [0.15, 0.2) is 6.29 Å². The van der Waals surface area contributed by atoms with Crippen molar-refractivity contribution in [3.05, 3.63) is 29.6 Å². The fourth-order valence-corrected chi connectivity index (χ4v) is 0.653. The second-order valence-corrected chi connectivity index (χ2v) is 1.90. The first-order valence-electron chi connectivity index (χ1n) is 2.74. The van der Waals surface area contributed by atoms with E-state index >= 15 is 0 Å². The third-order valence-electron chi connectivity index (χ3n) is 1.15. The fourth-order valence-electron chi connectivity index (χ4n) is 0.653. The van der Waals surface area contributed by atoms with Gasteiger partial charge in [-0.05, 0) is 6.07 Å². The van der Waals surface area contributed by atoms with E-state index in [2.05, 4.69) is 0 Å². The van der Waals surface area contributed by atoms with E-state index < -0.39 is 5.82 Å². The Bertz CT molecular complexity index is 270. The zero-order valence-corrected chi connectivity index (χ0v) is 15.4. The maximum absolute atomic E-state index is 12.5. The van der Waals surface area contributed by atoms with Gasteiger partial charge in [0.1, 0.15) is 13.7 Å². The Morgan fingerprint density at radius 1 is 1.23 bits per heavy atom. The Hall–Kier alpha value is 2.20. The first kappa shape index (κ1) is 20.6. The van der Waals surface area contributed by atoms with Crippen molar-refractivity contribution in [1.29, 1.82) is 0 Å². The molecule has 0 unspecified atom stereocenters. The molecule has 0 heterocycles. The van der Waals surface area contributed by atoms with E-state index in [1.54, 1.807) is 0 Å². The maximum atomic E-state index is 12.5. The van der Waals surface area contributed by atoms with Gasteiger partial charge in [0.2, 0.25) is 0 Å². The van der Waals surface area contributed by atoms with Crippen LogP contribution >= 0.6 is 0 Å². The van der Waals surface area contributed by atoms with E-state index in [1.807, 2.05) is 0 Å². The van der Waals surface area contributed by atoms with Crippen LogP contribution in [-0.2, 0) is 98.1 Å². The molecule has 0 aliphatic carbocycles. The molecule has 0 aliphatic heterocycles. The van der Waals surface area contributed by atoms with Crippen molar-refractivity contribution in [2.24, 2.45) is 0 Å². The number of hydrogen-bond acceptors (Lipinski definition) is 1. The average molecular weight is 401 g/mol. The fraction of sp³-hybridized carbons (Fsp3) is 0. The Kier molecular flexibility index (Phi) is 17.0. The molecule has 0 spiro atoms. The first-order valence-corrected chi connectivity index (χ1v) is 2.74. The summed E-state index contributed by atoms with van der Waals surface area (Å²) in [6.07, 6.45) is 0.436. The molecule has 0 N–H and O–H groups in total. The minimum Gasteiger partial charge on any atom is -0.298 e. The largest absolute Gasteiger partial charge is 0.298 e. The molecule has 0 aliphatic rings. The Balaban J connectivity index is -0.000000333. The third kappa shape index (κ3) is 7.14. The van der Waals surface area contributed by atoms with Gasteiger partial charge in [-0.25, -0.2) is 4.39 Å². The third-order valence-corrected chi connectivity index (χ3v) is 1.15. The summed E-state index contributed by atoms with van der Waals surface area (Å²) in [5.74, 6) is -0.538. The number of aldehydes is 1. The molecule has 13 heavy (non-hydrogen) atoms. The molecule has 0 saturated carbocycles. The van der Waals surface area contributed by atoms with E-state index in [4.69, 9.17) is 7.85 Å². The molecule has 1 rings (SSSR count). The van der Waals surface area contributed by atoms with Gasteiger partial charge in [0, 0.05) is 104 Å². The molecule has 57 valence electrons. The van der Waals surface area contributed by atoms with Gasteiger partial charge in [-0.2, -0.15) is 0 Å². The van der Waals surface area contributed by atoms with Crippen molar-refractivity contribution in [2.75, 3.05) is 0 Å². The summed E-state index contributed by atoms with van der Waals surface area (Å²) in [5, 5.41) is 0. The minimum absolute atomic E-state index is 0. The smallest absolute Gasteiger partial charge is 0.152 e. The van der Waals surface area contributed by atoms with Crippen molar-refractivity contribution in [3.8, 4) is 0 Å². The van der Waals surface area contributed by atoms with Crippen LogP contribution in [0.15, 0.2) is 18.2 Å². The monoisotopic (exact) mass is 401 g/mol. The van der Waals surface area contributed by atoms with Crippen molar-refractivity contribution in [1.82, 2.24) is 0 Å². The van der Waals surface area contributed by atoms with Gasteiger partial charge in [0.05, 0.1) is 0 Å². The predicted octanol–water partition coefficient (Wildman–Crippen LogP) is 0.424. The van der Waals surface area contributed by atoms with Crippen LogP contribution < -0.4 is 5.46 Å². The topological polar surface area (TPSA) is 17.1 Å². The summed E-state index contributed by atoms with van der Waals surface area (Å²) >= 11 is 0.